The van der Waals surface area contributed by atoms with Crippen molar-refractivity contribution in [3.05, 3.63) is 111 Å². The lowest BCUT2D eigenvalue weighted by molar-refractivity contribution is -0.384. The average Bonchev–Trinajstić information content (AvgIpc) is 3.49. The van der Waals surface area contributed by atoms with Crippen LogP contribution in [0.1, 0.15) is 57.8 Å². The molecule has 0 aliphatic carbocycles. The first-order valence-corrected chi connectivity index (χ1v) is 17.1. The fourth-order valence-corrected chi connectivity index (χ4v) is 10.4. The number of nitro groups is 1. The zero-order chi connectivity index (χ0) is 33.3. The number of carbonyl (C=O) groups excluding carboxylic acids is 1. The van der Waals surface area contributed by atoms with Gasteiger partial charge in [0.05, 0.1) is 10.5 Å². The number of azide groups is 1. The van der Waals surface area contributed by atoms with E-state index in [0.717, 1.165) is 10.4 Å². The summed E-state index contributed by atoms with van der Waals surface area (Å²) in [7, 11) is -3.44. The van der Waals surface area contributed by atoms with E-state index in [4.69, 9.17) is 18.9 Å². The van der Waals surface area contributed by atoms with Gasteiger partial charge in [-0.1, -0.05) is 79.6 Å². The summed E-state index contributed by atoms with van der Waals surface area (Å²) in [5, 5.41) is 16.2. The second-order valence-corrected chi connectivity index (χ2v) is 16.8. The van der Waals surface area contributed by atoms with Gasteiger partial charge in [-0.15, -0.1) is 0 Å². The van der Waals surface area contributed by atoms with Gasteiger partial charge in [-0.2, -0.15) is 0 Å². The number of carbonyl (C=O) groups is 1. The maximum atomic E-state index is 13.3. The SMILES string of the molecule is CC(OC(=O)c1ccc([N+](=O)[O-])cc1)[C@]1(CCC(C)(C)[Si](O)(c2ccccc2)c2ccccc2)O[C@@H]2OC(C)(C)O[C@@H]2[C@@H]1N=[N+]=[N-]. The molecule has 46 heavy (non-hydrogen) atoms. The number of ether oxygens (including phenoxy) is 4. The van der Waals surface area contributed by atoms with E-state index in [-0.39, 0.29) is 17.7 Å². The molecule has 3 aromatic carbocycles. The Bertz CT molecular complexity index is 1580. The highest BCUT2D eigenvalue weighted by Crippen LogP contribution is 2.51. The van der Waals surface area contributed by atoms with Crippen LogP contribution in [0.3, 0.4) is 0 Å². The molecule has 0 bridgehead atoms. The first-order valence-electron chi connectivity index (χ1n) is 15.1. The molecule has 0 spiro atoms. The van der Waals surface area contributed by atoms with Crippen molar-refractivity contribution in [3.8, 4) is 0 Å². The molecule has 1 unspecified atom stereocenters. The second-order valence-electron chi connectivity index (χ2n) is 12.9. The maximum Gasteiger partial charge on any atom is 0.338 e. The van der Waals surface area contributed by atoms with Crippen molar-refractivity contribution >= 4 is 30.3 Å². The van der Waals surface area contributed by atoms with Crippen molar-refractivity contribution in [1.82, 2.24) is 0 Å². The Morgan fingerprint density at radius 3 is 2.13 bits per heavy atom. The molecule has 5 atom stereocenters. The van der Waals surface area contributed by atoms with Gasteiger partial charge in [-0.05, 0) is 66.7 Å². The van der Waals surface area contributed by atoms with Crippen LogP contribution in [0, 0.1) is 10.1 Å². The number of hydrogen-bond donors (Lipinski definition) is 1. The Morgan fingerprint density at radius 2 is 1.61 bits per heavy atom. The van der Waals surface area contributed by atoms with E-state index in [1.54, 1.807) is 20.8 Å². The van der Waals surface area contributed by atoms with Crippen molar-refractivity contribution < 1.29 is 33.5 Å². The van der Waals surface area contributed by atoms with Crippen LogP contribution in [0.15, 0.2) is 90.0 Å². The zero-order valence-electron chi connectivity index (χ0n) is 26.4. The Labute approximate surface area is 268 Å². The standard InChI is InChI=1S/C33H38N4O8Si/c1-22(42-29(38)23-16-18-24(19-17-23)37(39)40)33(28(35-36-34)27-30(45-33)44-32(4,5)43-27)21-20-31(2,3)46(41,25-12-8-6-9-13-25)26-14-10-7-11-15-26/h6-19,22,27-28,30,41H,20-21H2,1-5H3/t22?,27-,28+,30+,33+/m1/s1. The lowest BCUT2D eigenvalue weighted by Gasteiger charge is -2.45. The van der Waals surface area contributed by atoms with E-state index in [9.17, 15) is 25.2 Å². The molecule has 0 amide bonds. The first kappa shape index (κ1) is 33.3. The van der Waals surface area contributed by atoms with Crippen LogP contribution in [-0.4, -0.2) is 59.9 Å². The summed E-state index contributed by atoms with van der Waals surface area (Å²) in [5.41, 5.74) is 8.22. The minimum absolute atomic E-state index is 0.107. The highest BCUT2D eigenvalue weighted by Gasteiger charge is 2.65. The predicted octanol–water partition coefficient (Wildman–Crippen LogP) is 5.38. The Hall–Kier alpha value is -4.10. The van der Waals surface area contributed by atoms with Gasteiger partial charge in [0.15, 0.2) is 12.1 Å². The summed E-state index contributed by atoms with van der Waals surface area (Å²) >= 11 is 0. The molecule has 2 aliphatic heterocycles. The molecule has 2 fully saturated rings. The van der Waals surface area contributed by atoms with E-state index >= 15 is 0 Å². The Kier molecular flexibility index (Phi) is 9.11. The van der Waals surface area contributed by atoms with Crippen molar-refractivity contribution in [1.29, 1.82) is 0 Å². The van der Waals surface area contributed by atoms with Gasteiger partial charge >= 0.3 is 5.97 Å². The van der Waals surface area contributed by atoms with Crippen LogP contribution in [0.5, 0.6) is 0 Å². The highest BCUT2D eigenvalue weighted by atomic mass is 28.4. The fraction of sp³-hybridized carbons (Fsp3) is 0.424. The number of fused-ring (bicyclic) bond motifs is 1. The van der Waals surface area contributed by atoms with Crippen LogP contribution in [0.4, 0.5) is 5.69 Å². The number of benzene rings is 3. The van der Waals surface area contributed by atoms with E-state index in [2.05, 4.69) is 10.0 Å². The molecule has 3 aromatic rings. The van der Waals surface area contributed by atoms with E-state index in [1.165, 1.54) is 24.3 Å². The van der Waals surface area contributed by atoms with Gasteiger partial charge in [-0.3, -0.25) is 10.1 Å². The zero-order valence-corrected chi connectivity index (χ0v) is 27.4. The van der Waals surface area contributed by atoms with Crippen molar-refractivity contribution in [2.45, 2.75) is 88.4 Å². The normalized spacial score (nSPS) is 24.4. The molecule has 0 radical (unpaired) electrons. The summed E-state index contributed by atoms with van der Waals surface area (Å²) in [6.45, 7) is 9.14. The third-order valence-electron chi connectivity index (χ3n) is 9.20. The first-order chi connectivity index (χ1) is 21.7. The third kappa shape index (κ3) is 6.05. The van der Waals surface area contributed by atoms with Crippen LogP contribution in [0.2, 0.25) is 5.04 Å². The molecule has 0 aromatic heterocycles. The topological polar surface area (TPSA) is 166 Å². The van der Waals surface area contributed by atoms with E-state index < -0.39 is 60.2 Å². The van der Waals surface area contributed by atoms with Crippen molar-refractivity contribution in [2.24, 2.45) is 5.11 Å². The molecule has 242 valence electrons. The summed E-state index contributed by atoms with van der Waals surface area (Å²) in [6, 6.07) is 23.3. The van der Waals surface area contributed by atoms with E-state index in [0.29, 0.717) is 6.42 Å². The number of esters is 1. The molecule has 2 aliphatic rings. The fourth-order valence-electron chi connectivity index (χ4n) is 6.63. The predicted molar refractivity (Wildman–Crippen MR) is 172 cm³/mol. The molecular weight excluding hydrogens is 608 g/mol. The van der Waals surface area contributed by atoms with Gasteiger partial charge < -0.3 is 23.7 Å². The van der Waals surface area contributed by atoms with Crippen molar-refractivity contribution in [2.75, 3.05) is 0 Å². The maximum absolute atomic E-state index is 13.3. The van der Waals surface area contributed by atoms with Crippen LogP contribution >= 0.6 is 0 Å². The van der Waals surface area contributed by atoms with Gasteiger partial charge in [0.2, 0.25) is 0 Å². The minimum atomic E-state index is -3.44. The minimum Gasteiger partial charge on any atom is -0.456 e. The van der Waals surface area contributed by atoms with Crippen LogP contribution in [-0.2, 0) is 18.9 Å². The monoisotopic (exact) mass is 646 g/mol. The molecule has 5 rings (SSSR count). The summed E-state index contributed by atoms with van der Waals surface area (Å²) in [5.74, 6) is -1.74. The third-order valence-corrected chi connectivity index (χ3v) is 13.7. The van der Waals surface area contributed by atoms with Gasteiger partial charge in [-0.25, -0.2) is 4.79 Å². The number of nitro benzene ring substituents is 1. The van der Waals surface area contributed by atoms with Crippen LogP contribution < -0.4 is 10.4 Å². The molecule has 2 saturated heterocycles. The van der Waals surface area contributed by atoms with Crippen LogP contribution in [0.25, 0.3) is 10.4 Å². The van der Waals surface area contributed by atoms with E-state index in [1.807, 2.05) is 74.5 Å². The molecule has 1 N–H and O–H groups in total. The second kappa shape index (κ2) is 12.6. The Morgan fingerprint density at radius 1 is 1.04 bits per heavy atom. The van der Waals surface area contributed by atoms with Gasteiger partial charge in [0, 0.05) is 17.0 Å². The quantitative estimate of drug-likeness (QED) is 0.0551. The number of hydrogen-bond acceptors (Lipinski definition) is 9. The number of non-ortho nitro benzene ring substituents is 1. The molecule has 2 heterocycles. The number of nitrogens with zero attached hydrogens (tertiary/aromatic N) is 4. The van der Waals surface area contributed by atoms with Gasteiger partial charge in [0.1, 0.15) is 23.9 Å². The molecule has 0 saturated carbocycles. The highest BCUT2D eigenvalue weighted by molar-refractivity contribution is 6.98. The average molecular weight is 647 g/mol. The van der Waals surface area contributed by atoms with Gasteiger partial charge in [0.25, 0.3) is 14.0 Å². The van der Waals surface area contributed by atoms with Crippen molar-refractivity contribution in [3.63, 3.8) is 0 Å². The summed E-state index contributed by atoms with van der Waals surface area (Å²) < 4.78 is 24.8. The molecule has 12 nitrogen and oxygen atoms in total. The summed E-state index contributed by atoms with van der Waals surface area (Å²) in [4.78, 5) is 39.8. The largest absolute Gasteiger partial charge is 0.456 e. The smallest absolute Gasteiger partial charge is 0.338 e. The molecule has 13 heteroatoms. The Balaban J connectivity index is 1.52. The lowest BCUT2D eigenvalue weighted by Crippen LogP contribution is -2.65. The molecular formula is C33H38N4O8Si. The lowest BCUT2D eigenvalue weighted by atomic mass is 9.82. The number of rotatable bonds is 11. The summed E-state index contributed by atoms with van der Waals surface area (Å²) in [6.07, 6.45) is -2.11.